The third kappa shape index (κ3) is 4.46. The molecule has 2 atom stereocenters. The Hall–Kier alpha value is -2.24. The lowest BCUT2D eigenvalue weighted by Gasteiger charge is -2.30. The molecule has 0 radical (unpaired) electrons. The van der Waals surface area contributed by atoms with Crippen LogP contribution in [0.4, 0.5) is 0 Å². The van der Waals surface area contributed by atoms with E-state index in [2.05, 4.69) is 5.16 Å². The standard InChI is InChI=1S/C21H27N3O6S2/c1-14-20(15(2)30-22-14)32(27,28)23-9-3-6-16(12-23)21(26)29-13-19(25)24-10-4-7-17(24)18-8-5-11-31-18/h5,8,11,16-17H,3-4,6-7,9-10,12-13H2,1-2H3. The summed E-state index contributed by atoms with van der Waals surface area (Å²) in [5.41, 5.74) is 0.295. The molecule has 2 aliphatic rings. The van der Waals surface area contributed by atoms with Gasteiger partial charge in [-0.05, 0) is 51.0 Å². The highest BCUT2D eigenvalue weighted by Crippen LogP contribution is 2.34. The van der Waals surface area contributed by atoms with Gasteiger partial charge in [0.1, 0.15) is 10.6 Å². The fourth-order valence-electron chi connectivity index (χ4n) is 4.50. The highest BCUT2D eigenvalue weighted by molar-refractivity contribution is 7.89. The number of esters is 1. The highest BCUT2D eigenvalue weighted by Gasteiger charge is 2.37. The first-order valence-corrected chi connectivity index (χ1v) is 13.0. The van der Waals surface area contributed by atoms with Crippen molar-refractivity contribution in [1.82, 2.24) is 14.4 Å². The van der Waals surface area contributed by atoms with Crippen molar-refractivity contribution in [3.8, 4) is 0 Å². The van der Waals surface area contributed by atoms with E-state index >= 15 is 0 Å². The summed E-state index contributed by atoms with van der Waals surface area (Å²) < 4.78 is 37.8. The van der Waals surface area contributed by atoms with Crippen LogP contribution >= 0.6 is 11.3 Å². The minimum atomic E-state index is -3.83. The van der Waals surface area contributed by atoms with E-state index in [9.17, 15) is 18.0 Å². The van der Waals surface area contributed by atoms with Gasteiger partial charge < -0.3 is 14.2 Å². The number of thiophene rings is 1. The lowest BCUT2D eigenvalue weighted by atomic mass is 10.00. The van der Waals surface area contributed by atoms with Crippen LogP contribution in [0.3, 0.4) is 0 Å². The highest BCUT2D eigenvalue weighted by atomic mass is 32.2. The number of aryl methyl sites for hydroxylation is 2. The predicted molar refractivity (Wildman–Crippen MR) is 116 cm³/mol. The summed E-state index contributed by atoms with van der Waals surface area (Å²) in [5.74, 6) is -1.14. The van der Waals surface area contributed by atoms with Gasteiger partial charge in [0, 0.05) is 24.5 Å². The van der Waals surface area contributed by atoms with Crippen LogP contribution in [-0.2, 0) is 24.3 Å². The van der Waals surface area contributed by atoms with Crippen molar-refractivity contribution in [1.29, 1.82) is 0 Å². The van der Waals surface area contributed by atoms with E-state index < -0.39 is 21.9 Å². The van der Waals surface area contributed by atoms with Crippen LogP contribution in [0.15, 0.2) is 26.9 Å². The Labute approximate surface area is 191 Å². The van der Waals surface area contributed by atoms with E-state index in [-0.39, 0.29) is 35.8 Å². The number of ether oxygens (including phenoxy) is 1. The number of hydrogen-bond donors (Lipinski definition) is 0. The number of likely N-dealkylation sites (tertiary alicyclic amines) is 1. The van der Waals surface area contributed by atoms with Gasteiger partial charge >= 0.3 is 5.97 Å². The molecule has 1 amide bonds. The van der Waals surface area contributed by atoms with Gasteiger partial charge in [0.25, 0.3) is 5.91 Å². The first kappa shape index (κ1) is 22.9. The number of nitrogens with zero attached hydrogens (tertiary/aromatic N) is 3. The molecule has 32 heavy (non-hydrogen) atoms. The molecule has 0 bridgehead atoms. The third-order valence-corrected chi connectivity index (χ3v) is 9.15. The molecule has 2 aliphatic heterocycles. The summed E-state index contributed by atoms with van der Waals surface area (Å²) >= 11 is 1.62. The third-order valence-electron chi connectivity index (χ3n) is 6.07. The van der Waals surface area contributed by atoms with Crippen LogP contribution in [0.5, 0.6) is 0 Å². The molecule has 174 valence electrons. The number of aromatic nitrogens is 1. The summed E-state index contributed by atoms with van der Waals surface area (Å²) in [6.07, 6.45) is 2.86. The normalized spacial score (nSPS) is 22.2. The molecule has 11 heteroatoms. The number of rotatable bonds is 6. The Bertz CT molecular complexity index is 1060. The Morgan fingerprint density at radius 1 is 1.25 bits per heavy atom. The second-order valence-corrected chi connectivity index (χ2v) is 11.1. The summed E-state index contributed by atoms with van der Waals surface area (Å²) in [7, 11) is -3.83. The van der Waals surface area contributed by atoms with Gasteiger partial charge in [-0.1, -0.05) is 11.2 Å². The average Bonchev–Trinajstić information content (AvgIpc) is 3.52. The molecule has 0 N–H and O–H groups in total. The van der Waals surface area contributed by atoms with Gasteiger partial charge in [0.15, 0.2) is 12.4 Å². The molecule has 0 spiro atoms. The number of amides is 1. The van der Waals surface area contributed by atoms with Crippen molar-refractivity contribution < 1.29 is 27.3 Å². The van der Waals surface area contributed by atoms with E-state index in [1.54, 1.807) is 30.1 Å². The van der Waals surface area contributed by atoms with Gasteiger partial charge in [-0.25, -0.2) is 8.42 Å². The molecule has 0 aliphatic carbocycles. The molecule has 2 fully saturated rings. The second kappa shape index (κ2) is 9.32. The van der Waals surface area contributed by atoms with Gasteiger partial charge in [-0.3, -0.25) is 9.59 Å². The van der Waals surface area contributed by atoms with Crippen LogP contribution < -0.4 is 0 Å². The lowest BCUT2D eigenvalue weighted by molar-refractivity contribution is -0.156. The topological polar surface area (TPSA) is 110 Å². The first-order chi connectivity index (χ1) is 15.3. The van der Waals surface area contributed by atoms with Crippen molar-refractivity contribution in [3.05, 3.63) is 33.8 Å². The molecule has 2 aromatic rings. The minimum Gasteiger partial charge on any atom is -0.455 e. The zero-order valence-electron chi connectivity index (χ0n) is 18.2. The Morgan fingerprint density at radius 3 is 2.72 bits per heavy atom. The summed E-state index contributed by atoms with van der Waals surface area (Å²) in [5, 5.41) is 5.72. The molecule has 2 aromatic heterocycles. The van der Waals surface area contributed by atoms with Crippen LogP contribution in [0.2, 0.25) is 0 Å². The van der Waals surface area contributed by atoms with Gasteiger partial charge in [-0.15, -0.1) is 11.3 Å². The van der Waals surface area contributed by atoms with Gasteiger partial charge in [0.2, 0.25) is 10.0 Å². The maximum Gasteiger partial charge on any atom is 0.310 e. The van der Waals surface area contributed by atoms with Crippen molar-refractivity contribution in [2.75, 3.05) is 26.2 Å². The lowest BCUT2D eigenvalue weighted by Crippen LogP contribution is -2.43. The van der Waals surface area contributed by atoms with Gasteiger partial charge in [-0.2, -0.15) is 4.31 Å². The molecule has 9 nitrogen and oxygen atoms in total. The molecule has 0 saturated carbocycles. The molecule has 2 unspecified atom stereocenters. The predicted octanol–water partition coefficient (Wildman–Crippen LogP) is 2.66. The van der Waals surface area contributed by atoms with Crippen LogP contribution in [0.25, 0.3) is 0 Å². The van der Waals surface area contributed by atoms with E-state index in [0.29, 0.717) is 31.6 Å². The smallest absolute Gasteiger partial charge is 0.310 e. The van der Waals surface area contributed by atoms with Crippen molar-refractivity contribution in [2.45, 2.75) is 50.5 Å². The van der Waals surface area contributed by atoms with E-state index in [0.717, 1.165) is 17.7 Å². The summed E-state index contributed by atoms with van der Waals surface area (Å²) in [6.45, 7) is 3.77. The Morgan fingerprint density at radius 2 is 2.03 bits per heavy atom. The Kier molecular flexibility index (Phi) is 6.68. The number of carbonyl (C=O) groups is 2. The van der Waals surface area contributed by atoms with E-state index in [4.69, 9.17) is 9.26 Å². The quantitative estimate of drug-likeness (QED) is 0.583. The molecule has 0 aromatic carbocycles. The largest absolute Gasteiger partial charge is 0.455 e. The molecular weight excluding hydrogens is 454 g/mol. The number of hydrogen-bond acceptors (Lipinski definition) is 8. The van der Waals surface area contributed by atoms with Gasteiger partial charge in [0.05, 0.1) is 12.0 Å². The minimum absolute atomic E-state index is 0.0148. The molecule has 2 saturated heterocycles. The summed E-state index contributed by atoms with van der Waals surface area (Å²) in [6, 6.07) is 4.02. The maximum atomic E-state index is 13.1. The average molecular weight is 482 g/mol. The SMILES string of the molecule is Cc1noc(C)c1S(=O)(=O)N1CCCC(C(=O)OCC(=O)N2CCCC2c2cccs2)C1. The van der Waals surface area contributed by atoms with E-state index in [1.165, 1.54) is 4.31 Å². The number of piperidine rings is 1. The van der Waals surface area contributed by atoms with Crippen LogP contribution in [0, 0.1) is 19.8 Å². The van der Waals surface area contributed by atoms with Crippen molar-refractivity contribution in [3.63, 3.8) is 0 Å². The molecular formula is C21H27N3O6S2. The Balaban J connectivity index is 1.36. The fourth-order valence-corrected chi connectivity index (χ4v) is 7.19. The van der Waals surface area contributed by atoms with Crippen molar-refractivity contribution >= 4 is 33.2 Å². The monoisotopic (exact) mass is 481 g/mol. The van der Waals surface area contributed by atoms with Crippen LogP contribution in [-0.4, -0.2) is 60.9 Å². The van der Waals surface area contributed by atoms with Crippen LogP contribution in [0.1, 0.15) is 48.1 Å². The first-order valence-electron chi connectivity index (χ1n) is 10.7. The molecule has 4 rings (SSSR count). The summed E-state index contributed by atoms with van der Waals surface area (Å²) in [4.78, 5) is 28.4. The number of sulfonamides is 1. The maximum absolute atomic E-state index is 13.1. The van der Waals surface area contributed by atoms with Crippen molar-refractivity contribution in [2.24, 2.45) is 5.92 Å². The fraction of sp³-hybridized carbons (Fsp3) is 0.571. The number of carbonyl (C=O) groups excluding carboxylic acids is 2. The molecule has 4 heterocycles. The zero-order chi connectivity index (χ0) is 22.9. The second-order valence-electron chi connectivity index (χ2n) is 8.22. The van der Waals surface area contributed by atoms with E-state index in [1.807, 2.05) is 17.5 Å². The zero-order valence-corrected chi connectivity index (χ0v) is 19.8.